The van der Waals surface area contributed by atoms with Crippen LogP contribution in [0.4, 0.5) is 0 Å². The van der Waals surface area contributed by atoms with Gasteiger partial charge in [0.05, 0.1) is 22.2 Å². The van der Waals surface area contributed by atoms with Crippen LogP contribution in [0.2, 0.25) is 0 Å². The second-order valence-electron chi connectivity index (χ2n) is 11.2. The monoisotopic (exact) mass is 558 g/mol. The molecule has 0 radical (unpaired) electrons. The highest BCUT2D eigenvalue weighted by atomic mass is 32.1. The van der Waals surface area contributed by atoms with Gasteiger partial charge >= 0.3 is 0 Å². The summed E-state index contributed by atoms with van der Waals surface area (Å²) in [7, 11) is 0. The molecule has 198 valence electrons. The lowest BCUT2D eigenvalue weighted by molar-refractivity contribution is -0.720. The first-order valence-corrected chi connectivity index (χ1v) is 15.1. The molecule has 0 saturated heterocycles. The van der Waals surface area contributed by atoms with Gasteiger partial charge in [0.15, 0.2) is 24.1 Å². The molecule has 0 bridgehead atoms. The highest BCUT2D eigenvalue weighted by Crippen LogP contribution is 2.46. The van der Waals surface area contributed by atoms with E-state index < -0.39 is 0 Å². The Morgan fingerprint density at radius 2 is 1.67 bits per heavy atom. The Morgan fingerprint density at radius 3 is 2.55 bits per heavy atom. The lowest BCUT2D eigenvalue weighted by atomic mass is 9.77. The number of aromatic nitrogens is 2. The third-order valence-corrected chi connectivity index (χ3v) is 10.3. The number of allylic oxidation sites excluding steroid dienone is 1. The maximum absolute atomic E-state index is 9.86. The van der Waals surface area contributed by atoms with Crippen LogP contribution in [0.3, 0.4) is 0 Å². The maximum Gasteiger partial charge on any atom is 0.219 e. The number of rotatable bonds is 0. The van der Waals surface area contributed by atoms with Gasteiger partial charge in [0.25, 0.3) is 0 Å². The van der Waals surface area contributed by atoms with Crippen LogP contribution in [0.5, 0.6) is 0 Å². The molecule has 2 unspecified atom stereocenters. The van der Waals surface area contributed by atoms with E-state index in [1.165, 1.54) is 32.3 Å². The zero-order valence-electron chi connectivity index (χ0n) is 22.9. The summed E-state index contributed by atoms with van der Waals surface area (Å²) in [5.74, 6) is 0.256. The molecule has 0 aliphatic carbocycles. The van der Waals surface area contributed by atoms with E-state index in [-0.39, 0.29) is 12.0 Å². The Balaban J connectivity index is 1.38. The van der Waals surface area contributed by atoms with Crippen LogP contribution in [0.1, 0.15) is 47.1 Å². The summed E-state index contributed by atoms with van der Waals surface area (Å²) in [4.78, 5) is 0. The molecule has 0 amide bonds. The number of nitrogens with zero attached hydrogens (tertiary/aromatic N) is 4. The van der Waals surface area contributed by atoms with E-state index in [4.69, 9.17) is 0 Å². The predicted octanol–water partition coefficient (Wildman–Crippen LogP) is 7.85. The highest BCUT2D eigenvalue weighted by Gasteiger charge is 2.42. The number of benzene rings is 3. The molecule has 8 rings (SSSR count). The fourth-order valence-corrected chi connectivity index (χ4v) is 8.52. The third-order valence-electron chi connectivity index (χ3n) is 9.06. The number of nitriles is 2. The van der Waals surface area contributed by atoms with Gasteiger partial charge < -0.3 is 0 Å². The number of hydrogen-bond acceptors (Lipinski definition) is 3. The van der Waals surface area contributed by atoms with Crippen molar-refractivity contribution in [2.45, 2.75) is 31.2 Å². The summed E-state index contributed by atoms with van der Waals surface area (Å²) in [6.45, 7) is 4.66. The summed E-state index contributed by atoms with van der Waals surface area (Å²) in [6.07, 6.45) is 6.79. The van der Waals surface area contributed by atoms with E-state index in [0.29, 0.717) is 5.56 Å². The topological polar surface area (TPSA) is 55.3 Å². The summed E-state index contributed by atoms with van der Waals surface area (Å²) >= 11 is 1.73. The van der Waals surface area contributed by atoms with E-state index in [2.05, 4.69) is 101 Å². The predicted molar refractivity (Wildman–Crippen MR) is 167 cm³/mol. The molecule has 5 heteroatoms. The quantitative estimate of drug-likeness (QED) is 0.178. The van der Waals surface area contributed by atoms with Crippen molar-refractivity contribution in [3.8, 4) is 34.7 Å². The van der Waals surface area contributed by atoms with Gasteiger partial charge in [-0.25, -0.2) is 0 Å². The molecule has 3 aromatic carbocycles. The Bertz CT molecular complexity index is 2190. The Morgan fingerprint density at radius 1 is 0.810 bits per heavy atom. The van der Waals surface area contributed by atoms with Crippen molar-refractivity contribution < 1.29 is 9.13 Å². The average molecular weight is 559 g/mol. The molecular formula is C37H26N4S+2. The smallest absolute Gasteiger partial charge is 0.193 e. The molecule has 2 aliphatic heterocycles. The molecule has 3 aromatic heterocycles. The fraction of sp³-hybridized carbons (Fsp3) is 0.135. The van der Waals surface area contributed by atoms with Crippen molar-refractivity contribution in [2.24, 2.45) is 0 Å². The van der Waals surface area contributed by atoms with Crippen LogP contribution in [-0.2, 0) is 6.42 Å². The van der Waals surface area contributed by atoms with Crippen molar-refractivity contribution >= 4 is 37.2 Å². The summed E-state index contributed by atoms with van der Waals surface area (Å²) in [6, 6.07) is 34.6. The van der Waals surface area contributed by atoms with Gasteiger partial charge in [-0.1, -0.05) is 42.5 Å². The maximum atomic E-state index is 9.86. The van der Waals surface area contributed by atoms with Gasteiger partial charge in [-0.05, 0) is 54.8 Å². The summed E-state index contributed by atoms with van der Waals surface area (Å²) in [5, 5.41) is 22.0. The molecular weight excluding hydrogens is 533 g/mol. The highest BCUT2D eigenvalue weighted by molar-refractivity contribution is 7.26. The number of hydrogen-bond donors (Lipinski definition) is 0. The standard InChI is InChI=1S/C37H26N4S/c1-23-19-34-29(27-8-2-3-9-28(27)32-17-12-24(20-38)22-41(32)34)15-13-25-14-16-31-30-10-6-7-26(21-39)36(30)42-37(31)35(25)33-11-4-5-18-40(23)33/h2-12,14,16-18,22,29,34H,1,13,15,19H2/q+2. The van der Waals surface area contributed by atoms with E-state index in [9.17, 15) is 10.5 Å². The molecule has 0 fully saturated rings. The van der Waals surface area contributed by atoms with E-state index >= 15 is 0 Å². The number of pyridine rings is 2. The zero-order valence-corrected chi connectivity index (χ0v) is 23.7. The Hall–Kier alpha value is -5.10. The van der Waals surface area contributed by atoms with Gasteiger partial charge in [0.1, 0.15) is 17.7 Å². The minimum Gasteiger partial charge on any atom is -0.193 e. The molecule has 0 N–H and O–H groups in total. The first kappa shape index (κ1) is 24.7. The minimum absolute atomic E-state index is 0.129. The Labute approximate surface area is 248 Å². The second-order valence-corrected chi connectivity index (χ2v) is 12.2. The van der Waals surface area contributed by atoms with Crippen molar-refractivity contribution in [2.75, 3.05) is 0 Å². The van der Waals surface area contributed by atoms with Gasteiger partial charge in [-0.3, -0.25) is 0 Å². The summed E-state index contributed by atoms with van der Waals surface area (Å²) in [5.41, 5.74) is 9.83. The average Bonchev–Trinajstić information content (AvgIpc) is 3.42. The van der Waals surface area contributed by atoms with E-state index in [1.807, 2.05) is 24.4 Å². The lowest BCUT2D eigenvalue weighted by Crippen LogP contribution is -2.49. The number of fused-ring (bicyclic) bond motifs is 13. The lowest BCUT2D eigenvalue weighted by Gasteiger charge is -2.31. The normalized spacial score (nSPS) is 17.2. The first-order chi connectivity index (χ1) is 20.7. The van der Waals surface area contributed by atoms with Crippen molar-refractivity contribution in [3.05, 3.63) is 126 Å². The fourth-order valence-electron chi connectivity index (χ4n) is 7.18. The van der Waals surface area contributed by atoms with E-state index in [1.54, 1.807) is 11.3 Å². The van der Waals surface area contributed by atoms with Crippen LogP contribution in [-0.4, -0.2) is 0 Å². The molecule has 2 atom stereocenters. The number of thiophene rings is 1. The molecule has 42 heavy (non-hydrogen) atoms. The number of aryl methyl sites for hydroxylation is 1. The molecule has 0 saturated carbocycles. The van der Waals surface area contributed by atoms with Crippen LogP contribution < -0.4 is 9.13 Å². The molecule has 2 aliphatic rings. The van der Waals surface area contributed by atoms with Crippen LogP contribution >= 0.6 is 11.3 Å². The van der Waals surface area contributed by atoms with Gasteiger partial charge in [0.2, 0.25) is 11.4 Å². The SMILES string of the molecule is C=C1CC2C(CCc3ccc4c(sc5c(C#N)cccc54)c3-c3cccc[n+]31)c1ccccc1-c1ccc(C#N)c[n+]12. The van der Waals surface area contributed by atoms with Crippen molar-refractivity contribution in [1.29, 1.82) is 10.5 Å². The molecule has 6 aromatic rings. The Kier molecular flexibility index (Phi) is 5.57. The van der Waals surface area contributed by atoms with Crippen LogP contribution in [0.15, 0.2) is 104 Å². The minimum atomic E-state index is 0.129. The second kappa shape index (κ2) is 9.48. The van der Waals surface area contributed by atoms with Crippen LogP contribution in [0.25, 0.3) is 48.4 Å². The third kappa shape index (κ3) is 3.58. The zero-order chi connectivity index (χ0) is 28.4. The van der Waals surface area contributed by atoms with Crippen LogP contribution in [0, 0.1) is 22.7 Å². The van der Waals surface area contributed by atoms with Crippen molar-refractivity contribution in [3.63, 3.8) is 0 Å². The first-order valence-electron chi connectivity index (χ1n) is 14.3. The largest absolute Gasteiger partial charge is 0.219 e. The van der Waals surface area contributed by atoms with Gasteiger partial charge in [0, 0.05) is 45.2 Å². The molecule has 0 spiro atoms. The van der Waals surface area contributed by atoms with Gasteiger partial charge in [-0.2, -0.15) is 19.7 Å². The van der Waals surface area contributed by atoms with Crippen molar-refractivity contribution in [1.82, 2.24) is 0 Å². The molecule has 4 nitrogen and oxygen atoms in total. The molecule has 5 heterocycles. The van der Waals surface area contributed by atoms with Gasteiger partial charge in [-0.15, -0.1) is 11.3 Å². The summed E-state index contributed by atoms with van der Waals surface area (Å²) < 4.78 is 6.86. The van der Waals surface area contributed by atoms with E-state index in [0.717, 1.165) is 52.0 Å².